The Morgan fingerprint density at radius 1 is 0.943 bits per heavy atom. The van der Waals surface area contributed by atoms with Crippen LogP contribution in [0.15, 0.2) is 91.3 Å². The quantitative estimate of drug-likeness (QED) is 0.341. The topological polar surface area (TPSA) is 42.3 Å². The number of aromatic nitrogens is 2. The highest BCUT2D eigenvalue weighted by molar-refractivity contribution is 7.80. The van der Waals surface area contributed by atoms with E-state index in [1.165, 1.54) is 6.07 Å². The molecule has 9 heteroatoms. The molecule has 178 valence electrons. The number of nitrogens with one attached hydrogen (secondary N) is 1. The number of alkyl halides is 3. The number of methoxy groups -OCH3 is 1. The van der Waals surface area contributed by atoms with E-state index in [1.807, 2.05) is 59.5 Å². The highest BCUT2D eigenvalue weighted by Gasteiger charge is 2.42. The monoisotopic (exact) mass is 494 g/mol. The number of pyridine rings is 1. The summed E-state index contributed by atoms with van der Waals surface area (Å²) >= 11 is 5.75. The first-order valence-corrected chi connectivity index (χ1v) is 11.3. The van der Waals surface area contributed by atoms with Gasteiger partial charge in [0, 0.05) is 35.5 Å². The number of hydrogen-bond acceptors (Lipinski definition) is 3. The minimum absolute atomic E-state index is 0.339. The van der Waals surface area contributed by atoms with Gasteiger partial charge in [-0.3, -0.25) is 4.98 Å². The van der Waals surface area contributed by atoms with Crippen LogP contribution in [-0.4, -0.2) is 21.8 Å². The first-order chi connectivity index (χ1) is 16.9. The number of nitrogens with zero attached hydrogens (tertiary/aromatic N) is 3. The van der Waals surface area contributed by atoms with Crippen molar-refractivity contribution < 1.29 is 17.9 Å². The normalized spacial score (nSPS) is 17.9. The lowest BCUT2D eigenvalue weighted by Gasteiger charge is -2.29. The Bertz CT molecular complexity index is 1360. The third-order valence-electron chi connectivity index (χ3n) is 5.96. The molecular formula is C26H21F3N4OS. The van der Waals surface area contributed by atoms with Gasteiger partial charge in [-0.2, -0.15) is 13.2 Å². The summed E-state index contributed by atoms with van der Waals surface area (Å²) < 4.78 is 47.5. The molecule has 1 saturated heterocycles. The van der Waals surface area contributed by atoms with Gasteiger partial charge >= 0.3 is 6.18 Å². The number of thiocarbonyl (C=S) groups is 1. The van der Waals surface area contributed by atoms with Gasteiger partial charge in [-0.25, -0.2) is 0 Å². The Balaban J connectivity index is 1.66. The smallest absolute Gasteiger partial charge is 0.416 e. The Morgan fingerprint density at radius 2 is 1.74 bits per heavy atom. The number of benzene rings is 2. The lowest BCUT2D eigenvalue weighted by atomic mass is 10.0. The molecule has 0 spiro atoms. The van der Waals surface area contributed by atoms with Crippen molar-refractivity contribution in [2.45, 2.75) is 18.3 Å². The molecule has 2 atom stereocenters. The second-order valence-electron chi connectivity index (χ2n) is 8.05. The molecule has 4 aromatic rings. The van der Waals surface area contributed by atoms with Crippen LogP contribution in [0.3, 0.4) is 0 Å². The summed E-state index contributed by atoms with van der Waals surface area (Å²) in [5, 5.41) is 3.85. The number of anilines is 1. The van der Waals surface area contributed by atoms with Gasteiger partial charge in [-0.1, -0.05) is 18.2 Å². The van der Waals surface area contributed by atoms with Crippen LogP contribution >= 0.6 is 12.2 Å². The lowest BCUT2D eigenvalue weighted by Crippen LogP contribution is -2.30. The minimum Gasteiger partial charge on any atom is -0.497 e. The fraction of sp³-hybridized carbons (Fsp3) is 0.154. The van der Waals surface area contributed by atoms with Crippen LogP contribution in [0, 0.1) is 0 Å². The fourth-order valence-electron chi connectivity index (χ4n) is 4.40. The summed E-state index contributed by atoms with van der Waals surface area (Å²) in [7, 11) is 1.59. The lowest BCUT2D eigenvalue weighted by molar-refractivity contribution is -0.137. The average molecular weight is 495 g/mol. The molecule has 5 nitrogen and oxygen atoms in total. The van der Waals surface area contributed by atoms with E-state index in [1.54, 1.807) is 30.1 Å². The van der Waals surface area contributed by atoms with Gasteiger partial charge in [0.05, 0.1) is 24.4 Å². The Hall–Kier alpha value is -3.85. The van der Waals surface area contributed by atoms with Crippen molar-refractivity contribution in [3.63, 3.8) is 0 Å². The number of rotatable bonds is 5. The highest BCUT2D eigenvalue weighted by atomic mass is 32.1. The maximum Gasteiger partial charge on any atom is 0.416 e. The van der Waals surface area contributed by atoms with Crippen LogP contribution in [0.25, 0.3) is 5.69 Å². The van der Waals surface area contributed by atoms with Crippen molar-refractivity contribution in [3.05, 3.63) is 108 Å². The maximum absolute atomic E-state index is 13.4. The van der Waals surface area contributed by atoms with Crippen LogP contribution < -0.4 is 15.0 Å². The Labute approximate surface area is 205 Å². The van der Waals surface area contributed by atoms with Crippen molar-refractivity contribution in [2.75, 3.05) is 12.0 Å². The van der Waals surface area contributed by atoms with E-state index < -0.39 is 17.8 Å². The first kappa shape index (κ1) is 22.9. The van der Waals surface area contributed by atoms with Crippen molar-refractivity contribution in [1.82, 2.24) is 14.9 Å². The summed E-state index contributed by atoms with van der Waals surface area (Å²) in [6.45, 7) is 0. The number of hydrogen-bond donors (Lipinski definition) is 1. The molecule has 0 aliphatic carbocycles. The number of halogens is 3. The summed E-state index contributed by atoms with van der Waals surface area (Å²) in [4.78, 5) is 6.49. The predicted molar refractivity (Wildman–Crippen MR) is 132 cm³/mol. The van der Waals surface area contributed by atoms with Gasteiger partial charge in [0.25, 0.3) is 0 Å². The van der Waals surface area contributed by atoms with Crippen molar-refractivity contribution in [1.29, 1.82) is 0 Å². The van der Waals surface area contributed by atoms with E-state index in [4.69, 9.17) is 17.0 Å². The third-order valence-corrected chi connectivity index (χ3v) is 6.28. The van der Waals surface area contributed by atoms with Crippen LogP contribution in [0.2, 0.25) is 0 Å². The van der Waals surface area contributed by atoms with Crippen molar-refractivity contribution in [3.8, 4) is 11.4 Å². The fourth-order valence-corrected chi connectivity index (χ4v) is 4.74. The van der Waals surface area contributed by atoms with Gasteiger partial charge in [-0.15, -0.1) is 0 Å². The molecule has 1 aliphatic heterocycles. The second-order valence-corrected chi connectivity index (χ2v) is 8.44. The largest absolute Gasteiger partial charge is 0.497 e. The standard InChI is InChI=1S/C26H21F3N4OS/c1-34-20-10-5-9-19(16-20)33-24(23(31-25(33)35)21-11-2-3-13-30-21)22-12-6-14-32(22)18-8-4-7-17(15-18)26(27,28)29/h2-16,23-24H,1H3,(H,31,35). The summed E-state index contributed by atoms with van der Waals surface area (Å²) in [6, 6.07) is 21.4. The molecule has 2 aromatic carbocycles. The molecule has 1 aliphatic rings. The maximum atomic E-state index is 13.4. The molecule has 0 bridgehead atoms. The van der Waals surface area contributed by atoms with E-state index in [9.17, 15) is 13.2 Å². The molecule has 3 heterocycles. The molecular weight excluding hydrogens is 473 g/mol. The summed E-state index contributed by atoms with van der Waals surface area (Å²) in [5.41, 5.74) is 2.02. The molecule has 5 rings (SSSR count). The molecule has 2 aromatic heterocycles. The van der Waals surface area contributed by atoms with E-state index in [-0.39, 0.29) is 6.04 Å². The van der Waals surface area contributed by atoms with E-state index >= 15 is 0 Å². The Kier molecular flexibility index (Phi) is 5.94. The zero-order chi connectivity index (χ0) is 24.6. The zero-order valence-electron chi connectivity index (χ0n) is 18.6. The average Bonchev–Trinajstić information content (AvgIpc) is 3.48. The summed E-state index contributed by atoms with van der Waals surface area (Å²) in [5.74, 6) is 0.665. The van der Waals surface area contributed by atoms with Gasteiger partial charge in [0.2, 0.25) is 0 Å². The molecule has 35 heavy (non-hydrogen) atoms. The van der Waals surface area contributed by atoms with Crippen molar-refractivity contribution in [2.24, 2.45) is 0 Å². The van der Waals surface area contributed by atoms with Crippen molar-refractivity contribution >= 4 is 23.0 Å². The van der Waals surface area contributed by atoms with Gasteiger partial charge in [0.15, 0.2) is 5.11 Å². The molecule has 2 unspecified atom stereocenters. The highest BCUT2D eigenvalue weighted by Crippen LogP contribution is 2.43. The minimum atomic E-state index is -4.44. The molecule has 0 amide bonds. The van der Waals surface area contributed by atoms with Gasteiger partial charge in [-0.05, 0) is 66.8 Å². The van der Waals surface area contributed by atoms with Crippen LogP contribution in [-0.2, 0) is 6.18 Å². The van der Waals surface area contributed by atoms with Gasteiger partial charge in [0.1, 0.15) is 11.8 Å². The van der Waals surface area contributed by atoms with E-state index in [0.29, 0.717) is 16.5 Å². The SMILES string of the molecule is COc1cccc(N2C(=S)NC(c3ccccn3)C2c2cccn2-c2cccc(C(F)(F)F)c2)c1. The van der Waals surface area contributed by atoms with Crippen LogP contribution in [0.5, 0.6) is 5.75 Å². The third kappa shape index (κ3) is 4.35. The molecule has 0 saturated carbocycles. The predicted octanol–water partition coefficient (Wildman–Crippen LogP) is 6.08. The van der Waals surface area contributed by atoms with E-state index in [0.717, 1.165) is 29.2 Å². The summed E-state index contributed by atoms with van der Waals surface area (Å²) in [6.07, 6.45) is -0.981. The van der Waals surface area contributed by atoms with Crippen LogP contribution in [0.1, 0.15) is 29.0 Å². The van der Waals surface area contributed by atoms with E-state index in [2.05, 4.69) is 10.3 Å². The van der Waals surface area contributed by atoms with Gasteiger partial charge < -0.3 is 19.5 Å². The molecule has 1 fully saturated rings. The molecule has 0 radical (unpaired) electrons. The number of ether oxygens (including phenoxy) is 1. The second kappa shape index (κ2) is 9.07. The Morgan fingerprint density at radius 3 is 2.49 bits per heavy atom. The zero-order valence-corrected chi connectivity index (χ0v) is 19.4. The molecule has 1 N–H and O–H groups in total. The van der Waals surface area contributed by atoms with Crippen LogP contribution in [0.4, 0.5) is 18.9 Å². The first-order valence-electron chi connectivity index (χ1n) is 10.9.